The number of nitrogens with zero attached hydrogens (tertiary/aromatic N) is 2. The number of nitrogens with one attached hydrogen (secondary N) is 1. The van der Waals surface area contributed by atoms with Crippen molar-refractivity contribution in [2.45, 2.75) is 13.8 Å². The van der Waals surface area contributed by atoms with Gasteiger partial charge in [0.25, 0.3) is 5.91 Å². The first-order valence-electron chi connectivity index (χ1n) is 9.43. The number of halogens is 2. The van der Waals surface area contributed by atoms with Crippen LogP contribution in [0, 0.1) is 19.7 Å². The van der Waals surface area contributed by atoms with E-state index >= 15 is 0 Å². The summed E-state index contributed by atoms with van der Waals surface area (Å²) >= 11 is 7.31. The molecule has 1 aromatic heterocycles. The molecule has 0 atom stereocenters. The fourth-order valence-corrected chi connectivity index (χ4v) is 4.39. The number of carbonyl (C=O) groups excluding carboxylic acids is 1. The minimum atomic E-state index is -0.282. The van der Waals surface area contributed by atoms with Crippen LogP contribution in [0.2, 0.25) is 5.02 Å². The van der Waals surface area contributed by atoms with Gasteiger partial charge in [-0.1, -0.05) is 11.6 Å². The molecule has 4 rings (SSSR count). The smallest absolute Gasteiger partial charge is 0.264 e. The van der Waals surface area contributed by atoms with E-state index in [-0.39, 0.29) is 11.7 Å². The Bertz CT molecular complexity index is 1230. The molecule has 3 aromatic rings. The van der Waals surface area contributed by atoms with Gasteiger partial charge in [0.15, 0.2) is 5.17 Å². The van der Waals surface area contributed by atoms with Gasteiger partial charge in [-0.05, 0) is 85.8 Å². The summed E-state index contributed by atoms with van der Waals surface area (Å²) in [6, 6.07) is 13.4. The molecule has 0 bridgehead atoms. The van der Waals surface area contributed by atoms with Gasteiger partial charge < -0.3 is 14.6 Å². The quantitative estimate of drug-likeness (QED) is 0.507. The van der Waals surface area contributed by atoms with Gasteiger partial charge in [0.1, 0.15) is 17.3 Å². The third-order valence-electron chi connectivity index (χ3n) is 4.86. The molecule has 31 heavy (non-hydrogen) atoms. The number of aliphatic imine (C=N–C) groups is 1. The predicted molar refractivity (Wildman–Crippen MR) is 124 cm³/mol. The SMILES string of the molecule is COc1ccc(Cl)cc1N=C1NC(=O)/C(=C/c2cc(C)n(-c3ccc(F)cc3)c2C)S1. The standard InChI is InChI=1S/C23H19ClFN3O2S/c1-13-10-15(14(2)28(13)18-7-5-17(25)6-8-18)11-21-22(29)27-23(31-21)26-19-12-16(24)4-9-20(19)30-3/h4-12H,1-3H3,(H,26,27,29)/b21-11-. The summed E-state index contributed by atoms with van der Waals surface area (Å²) in [6.45, 7) is 3.94. The zero-order valence-corrected chi connectivity index (χ0v) is 18.6. The highest BCUT2D eigenvalue weighted by Gasteiger charge is 2.25. The summed E-state index contributed by atoms with van der Waals surface area (Å²) in [6.07, 6.45) is 1.83. The van der Waals surface area contributed by atoms with E-state index in [1.807, 2.05) is 30.6 Å². The van der Waals surface area contributed by atoms with Crippen LogP contribution < -0.4 is 10.1 Å². The number of thioether (sulfide) groups is 1. The van der Waals surface area contributed by atoms with E-state index in [9.17, 15) is 9.18 Å². The number of aromatic nitrogens is 1. The van der Waals surface area contributed by atoms with E-state index in [2.05, 4.69) is 10.3 Å². The molecule has 2 heterocycles. The molecule has 8 heteroatoms. The van der Waals surface area contributed by atoms with Crippen LogP contribution in [0.25, 0.3) is 11.8 Å². The number of aryl methyl sites for hydroxylation is 1. The topological polar surface area (TPSA) is 55.6 Å². The van der Waals surface area contributed by atoms with Crippen molar-refractivity contribution in [3.05, 3.63) is 81.2 Å². The second-order valence-corrected chi connectivity index (χ2v) is 8.40. The van der Waals surface area contributed by atoms with Gasteiger partial charge in [-0.15, -0.1) is 0 Å². The lowest BCUT2D eigenvalue weighted by atomic mass is 10.2. The van der Waals surface area contributed by atoms with Gasteiger partial charge in [0, 0.05) is 22.1 Å². The van der Waals surface area contributed by atoms with Crippen LogP contribution in [0.4, 0.5) is 10.1 Å². The Hall–Kier alpha value is -3.03. The summed E-state index contributed by atoms with van der Waals surface area (Å²) < 4.78 is 20.6. The highest BCUT2D eigenvalue weighted by atomic mass is 35.5. The van der Waals surface area contributed by atoms with Gasteiger partial charge in [-0.2, -0.15) is 0 Å². The van der Waals surface area contributed by atoms with Gasteiger partial charge >= 0.3 is 0 Å². The van der Waals surface area contributed by atoms with Crippen molar-refractivity contribution in [3.8, 4) is 11.4 Å². The highest BCUT2D eigenvalue weighted by Crippen LogP contribution is 2.34. The fraction of sp³-hybridized carbons (Fsp3) is 0.130. The van der Waals surface area contributed by atoms with Crippen LogP contribution in [-0.2, 0) is 4.79 Å². The van der Waals surface area contributed by atoms with Gasteiger partial charge in [-0.25, -0.2) is 9.38 Å². The number of carbonyl (C=O) groups is 1. The molecule has 0 radical (unpaired) electrons. The molecule has 5 nitrogen and oxygen atoms in total. The van der Waals surface area contributed by atoms with Crippen molar-refractivity contribution >= 4 is 46.2 Å². The molecule has 0 aliphatic carbocycles. The Morgan fingerprint density at radius 3 is 2.61 bits per heavy atom. The average Bonchev–Trinajstić information content (AvgIpc) is 3.21. The van der Waals surface area contributed by atoms with E-state index in [1.54, 1.807) is 37.4 Å². The fourth-order valence-electron chi connectivity index (χ4n) is 3.40. The number of benzene rings is 2. The Morgan fingerprint density at radius 1 is 1.16 bits per heavy atom. The van der Waals surface area contributed by atoms with E-state index in [0.29, 0.717) is 26.5 Å². The van der Waals surface area contributed by atoms with Crippen LogP contribution in [0.1, 0.15) is 17.0 Å². The second kappa shape index (κ2) is 8.61. The molecular formula is C23H19ClFN3O2S. The summed E-state index contributed by atoms with van der Waals surface area (Å²) in [4.78, 5) is 17.5. The van der Waals surface area contributed by atoms with Crippen molar-refractivity contribution in [1.29, 1.82) is 0 Å². The zero-order valence-electron chi connectivity index (χ0n) is 17.1. The van der Waals surface area contributed by atoms with Gasteiger partial charge in [0.05, 0.1) is 12.0 Å². The molecule has 158 valence electrons. The highest BCUT2D eigenvalue weighted by molar-refractivity contribution is 8.18. The van der Waals surface area contributed by atoms with Crippen molar-refractivity contribution < 1.29 is 13.9 Å². The lowest BCUT2D eigenvalue weighted by Crippen LogP contribution is -2.19. The average molecular weight is 456 g/mol. The van der Waals surface area contributed by atoms with Crippen LogP contribution in [0.3, 0.4) is 0 Å². The van der Waals surface area contributed by atoms with E-state index < -0.39 is 0 Å². The van der Waals surface area contributed by atoms with Crippen LogP contribution >= 0.6 is 23.4 Å². The summed E-state index contributed by atoms with van der Waals surface area (Å²) in [5, 5.41) is 3.76. The lowest BCUT2D eigenvalue weighted by Gasteiger charge is -2.09. The molecule has 2 aromatic carbocycles. The third-order valence-corrected chi connectivity index (χ3v) is 6.00. The van der Waals surface area contributed by atoms with E-state index in [1.165, 1.54) is 23.9 Å². The number of amidine groups is 1. The van der Waals surface area contributed by atoms with Gasteiger partial charge in [-0.3, -0.25) is 4.79 Å². The van der Waals surface area contributed by atoms with Crippen LogP contribution in [0.5, 0.6) is 5.75 Å². The first kappa shape index (κ1) is 21.2. The number of hydrogen-bond acceptors (Lipinski definition) is 4. The lowest BCUT2D eigenvalue weighted by molar-refractivity contribution is -0.115. The van der Waals surface area contributed by atoms with E-state index in [4.69, 9.17) is 16.3 Å². The number of methoxy groups -OCH3 is 1. The molecule has 1 saturated heterocycles. The molecule has 1 aliphatic rings. The molecular weight excluding hydrogens is 437 g/mol. The van der Waals surface area contributed by atoms with Crippen molar-refractivity contribution in [2.24, 2.45) is 4.99 Å². The number of amides is 1. The molecule has 1 aliphatic heterocycles. The number of hydrogen-bond donors (Lipinski definition) is 1. The predicted octanol–water partition coefficient (Wildman–Crippen LogP) is 5.79. The molecule has 0 saturated carbocycles. The Labute approximate surface area is 188 Å². The molecule has 1 amide bonds. The monoisotopic (exact) mass is 455 g/mol. The largest absolute Gasteiger partial charge is 0.494 e. The maximum absolute atomic E-state index is 13.3. The summed E-state index contributed by atoms with van der Waals surface area (Å²) in [5.74, 6) is 0.0547. The summed E-state index contributed by atoms with van der Waals surface area (Å²) in [5.41, 5.74) is 4.23. The minimum Gasteiger partial charge on any atom is -0.494 e. The molecule has 1 N–H and O–H groups in total. The van der Waals surface area contributed by atoms with Crippen molar-refractivity contribution in [2.75, 3.05) is 7.11 Å². The Kier molecular flexibility index (Phi) is 5.89. The minimum absolute atomic E-state index is 0.226. The van der Waals surface area contributed by atoms with Crippen LogP contribution in [-0.4, -0.2) is 22.8 Å². The first-order valence-corrected chi connectivity index (χ1v) is 10.6. The molecule has 0 unspecified atom stereocenters. The Balaban J connectivity index is 1.65. The van der Waals surface area contributed by atoms with Crippen LogP contribution in [0.15, 0.2) is 58.4 Å². The van der Waals surface area contributed by atoms with E-state index in [0.717, 1.165) is 22.6 Å². The second-order valence-electron chi connectivity index (χ2n) is 6.94. The zero-order chi connectivity index (χ0) is 22.1. The van der Waals surface area contributed by atoms with Gasteiger partial charge in [0.2, 0.25) is 0 Å². The normalized spacial score (nSPS) is 16.2. The third kappa shape index (κ3) is 4.38. The maximum Gasteiger partial charge on any atom is 0.264 e. The maximum atomic E-state index is 13.3. The first-order chi connectivity index (χ1) is 14.9. The molecule has 0 spiro atoms. The van der Waals surface area contributed by atoms with Crippen molar-refractivity contribution in [3.63, 3.8) is 0 Å². The van der Waals surface area contributed by atoms with Crippen molar-refractivity contribution in [1.82, 2.24) is 9.88 Å². The summed E-state index contributed by atoms with van der Waals surface area (Å²) in [7, 11) is 1.55. The molecule has 1 fully saturated rings. The number of ether oxygens (including phenoxy) is 1. The Morgan fingerprint density at radius 2 is 1.90 bits per heavy atom. The number of rotatable bonds is 4.